The second-order valence-corrected chi connectivity index (χ2v) is 6.40. The lowest BCUT2D eigenvalue weighted by Gasteiger charge is -2.34. The second-order valence-electron chi connectivity index (χ2n) is 5.15. The quantitative estimate of drug-likeness (QED) is 0.841. The van der Waals surface area contributed by atoms with Gasteiger partial charge in [0.15, 0.2) is 0 Å². The molecule has 2 rings (SSSR count). The maximum absolute atomic E-state index is 11.2. The maximum Gasteiger partial charge on any atom is 0.310 e. The molecule has 1 N–H and O–H groups in total. The standard InChI is InChI=1S/C14H21NO3S/c1-14(5-7-18-8-6-14)15-10-12-4-3-11(19-12)9-13(16)17-2/h3-4,15H,5-10H2,1-2H3. The fraction of sp³-hybridized carbons (Fsp3) is 0.643. The van der Waals surface area contributed by atoms with Crippen LogP contribution in [0.1, 0.15) is 29.5 Å². The summed E-state index contributed by atoms with van der Waals surface area (Å²) in [5, 5.41) is 3.61. The molecule has 0 amide bonds. The van der Waals surface area contributed by atoms with E-state index in [9.17, 15) is 4.79 Å². The Kier molecular flexibility index (Phi) is 4.96. The smallest absolute Gasteiger partial charge is 0.310 e. The molecule has 0 aliphatic carbocycles. The van der Waals surface area contributed by atoms with Gasteiger partial charge in [-0.1, -0.05) is 0 Å². The van der Waals surface area contributed by atoms with Crippen LogP contribution in [0.5, 0.6) is 0 Å². The van der Waals surface area contributed by atoms with Crippen LogP contribution in [0.25, 0.3) is 0 Å². The van der Waals surface area contributed by atoms with Crippen molar-refractivity contribution in [1.29, 1.82) is 0 Å². The summed E-state index contributed by atoms with van der Waals surface area (Å²) in [6.07, 6.45) is 2.47. The number of methoxy groups -OCH3 is 1. The third kappa shape index (κ3) is 4.30. The molecule has 4 nitrogen and oxygen atoms in total. The Hall–Kier alpha value is -0.910. The van der Waals surface area contributed by atoms with Crippen LogP contribution in [0.3, 0.4) is 0 Å². The Morgan fingerprint density at radius 1 is 1.42 bits per heavy atom. The van der Waals surface area contributed by atoms with Crippen molar-refractivity contribution in [2.24, 2.45) is 0 Å². The van der Waals surface area contributed by atoms with Crippen molar-refractivity contribution in [3.8, 4) is 0 Å². The van der Waals surface area contributed by atoms with Crippen molar-refractivity contribution in [3.05, 3.63) is 21.9 Å². The van der Waals surface area contributed by atoms with Gasteiger partial charge in [-0.25, -0.2) is 0 Å². The van der Waals surface area contributed by atoms with Gasteiger partial charge < -0.3 is 14.8 Å². The van der Waals surface area contributed by atoms with Gasteiger partial charge in [0, 0.05) is 35.1 Å². The number of esters is 1. The first-order valence-corrected chi connectivity index (χ1v) is 7.40. The average molecular weight is 283 g/mol. The first-order valence-electron chi connectivity index (χ1n) is 6.58. The van der Waals surface area contributed by atoms with Crippen LogP contribution >= 0.6 is 11.3 Å². The van der Waals surface area contributed by atoms with Crippen molar-refractivity contribution in [2.75, 3.05) is 20.3 Å². The van der Waals surface area contributed by atoms with E-state index >= 15 is 0 Å². The molecule has 19 heavy (non-hydrogen) atoms. The molecule has 0 unspecified atom stereocenters. The largest absolute Gasteiger partial charge is 0.469 e. The van der Waals surface area contributed by atoms with Crippen LogP contribution in [0, 0.1) is 0 Å². The highest BCUT2D eigenvalue weighted by molar-refractivity contribution is 7.12. The molecule has 0 aromatic carbocycles. The number of hydrogen-bond donors (Lipinski definition) is 1. The molecule has 1 fully saturated rings. The fourth-order valence-electron chi connectivity index (χ4n) is 2.13. The number of thiophene rings is 1. The van der Waals surface area contributed by atoms with Gasteiger partial charge in [-0.2, -0.15) is 0 Å². The minimum Gasteiger partial charge on any atom is -0.469 e. The summed E-state index contributed by atoms with van der Waals surface area (Å²) in [4.78, 5) is 13.5. The van der Waals surface area contributed by atoms with Crippen LogP contribution < -0.4 is 5.32 Å². The zero-order chi connectivity index (χ0) is 13.7. The maximum atomic E-state index is 11.2. The molecule has 1 saturated heterocycles. The predicted octanol–water partition coefficient (Wildman–Crippen LogP) is 2.12. The molecule has 1 aromatic heterocycles. The highest BCUT2D eigenvalue weighted by atomic mass is 32.1. The highest BCUT2D eigenvalue weighted by Crippen LogP contribution is 2.22. The van der Waals surface area contributed by atoms with Gasteiger partial charge in [0.2, 0.25) is 0 Å². The van der Waals surface area contributed by atoms with E-state index in [0.29, 0.717) is 6.42 Å². The Morgan fingerprint density at radius 3 is 2.79 bits per heavy atom. The van der Waals surface area contributed by atoms with Crippen molar-refractivity contribution in [1.82, 2.24) is 5.32 Å². The van der Waals surface area contributed by atoms with Crippen LogP contribution in [0.2, 0.25) is 0 Å². The van der Waals surface area contributed by atoms with Gasteiger partial charge in [0.1, 0.15) is 0 Å². The summed E-state index contributed by atoms with van der Waals surface area (Å²) in [5.41, 5.74) is 0.171. The SMILES string of the molecule is COC(=O)Cc1ccc(CNC2(C)CCOCC2)s1. The van der Waals surface area contributed by atoms with Crippen LogP contribution in [-0.2, 0) is 27.2 Å². The third-order valence-electron chi connectivity index (χ3n) is 3.55. The van der Waals surface area contributed by atoms with Crippen molar-refractivity contribution in [2.45, 2.75) is 38.3 Å². The predicted molar refractivity (Wildman–Crippen MR) is 75.3 cm³/mol. The molecular formula is C14H21NO3S. The Morgan fingerprint density at radius 2 is 2.11 bits per heavy atom. The summed E-state index contributed by atoms with van der Waals surface area (Å²) >= 11 is 1.67. The number of ether oxygens (including phenoxy) is 2. The fourth-order valence-corrected chi connectivity index (χ4v) is 3.07. The van der Waals surface area contributed by atoms with E-state index in [2.05, 4.69) is 23.0 Å². The van der Waals surface area contributed by atoms with E-state index in [1.54, 1.807) is 11.3 Å². The summed E-state index contributed by atoms with van der Waals surface area (Å²) in [5.74, 6) is -0.183. The minimum atomic E-state index is -0.183. The normalized spacial score (nSPS) is 18.2. The molecule has 0 spiro atoms. The molecule has 0 bridgehead atoms. The number of hydrogen-bond acceptors (Lipinski definition) is 5. The molecule has 0 atom stereocenters. The minimum absolute atomic E-state index is 0.171. The van der Waals surface area contributed by atoms with Gasteiger partial charge in [-0.05, 0) is 31.9 Å². The van der Waals surface area contributed by atoms with Crippen LogP contribution in [0.4, 0.5) is 0 Å². The zero-order valence-electron chi connectivity index (χ0n) is 11.5. The van der Waals surface area contributed by atoms with Gasteiger partial charge in [-0.15, -0.1) is 11.3 Å². The molecule has 1 aliphatic rings. The van der Waals surface area contributed by atoms with E-state index < -0.39 is 0 Å². The Labute approximate surface area is 118 Å². The van der Waals surface area contributed by atoms with Gasteiger partial charge >= 0.3 is 5.97 Å². The average Bonchev–Trinajstić information content (AvgIpc) is 2.85. The van der Waals surface area contributed by atoms with Crippen LogP contribution in [-0.4, -0.2) is 31.8 Å². The summed E-state index contributed by atoms with van der Waals surface area (Å²) in [6, 6.07) is 4.09. The molecule has 2 heterocycles. The van der Waals surface area contributed by atoms with Crippen LogP contribution in [0.15, 0.2) is 12.1 Å². The molecule has 5 heteroatoms. The van der Waals surface area contributed by atoms with Gasteiger partial charge in [-0.3, -0.25) is 4.79 Å². The monoisotopic (exact) mass is 283 g/mol. The Balaban J connectivity index is 1.84. The van der Waals surface area contributed by atoms with Gasteiger partial charge in [0.05, 0.1) is 13.5 Å². The van der Waals surface area contributed by atoms with E-state index in [4.69, 9.17) is 4.74 Å². The first-order chi connectivity index (χ1) is 9.11. The Bertz CT molecular complexity index is 424. The van der Waals surface area contributed by atoms with E-state index in [0.717, 1.165) is 37.5 Å². The lowest BCUT2D eigenvalue weighted by atomic mass is 9.92. The summed E-state index contributed by atoms with van der Waals surface area (Å²) in [6.45, 7) is 4.77. The molecule has 0 saturated carbocycles. The summed E-state index contributed by atoms with van der Waals surface area (Å²) < 4.78 is 10.1. The lowest BCUT2D eigenvalue weighted by molar-refractivity contribution is -0.139. The van der Waals surface area contributed by atoms with Crippen molar-refractivity contribution < 1.29 is 14.3 Å². The first kappa shape index (κ1) is 14.5. The summed E-state index contributed by atoms with van der Waals surface area (Å²) in [7, 11) is 1.42. The number of carbonyl (C=O) groups excluding carboxylic acids is 1. The molecular weight excluding hydrogens is 262 g/mol. The molecule has 0 radical (unpaired) electrons. The lowest BCUT2D eigenvalue weighted by Crippen LogP contribution is -2.46. The molecule has 1 aliphatic heterocycles. The van der Waals surface area contributed by atoms with E-state index in [1.807, 2.05) is 6.07 Å². The van der Waals surface area contributed by atoms with E-state index in [-0.39, 0.29) is 11.5 Å². The molecule has 106 valence electrons. The van der Waals surface area contributed by atoms with Crippen molar-refractivity contribution in [3.63, 3.8) is 0 Å². The van der Waals surface area contributed by atoms with Crippen molar-refractivity contribution >= 4 is 17.3 Å². The van der Waals surface area contributed by atoms with Gasteiger partial charge in [0.25, 0.3) is 0 Å². The number of carbonyl (C=O) groups is 1. The molecule has 1 aromatic rings. The number of rotatable bonds is 5. The number of nitrogens with one attached hydrogen (secondary N) is 1. The second kappa shape index (κ2) is 6.50. The third-order valence-corrected chi connectivity index (χ3v) is 4.63. The highest BCUT2D eigenvalue weighted by Gasteiger charge is 2.26. The van der Waals surface area contributed by atoms with E-state index in [1.165, 1.54) is 12.0 Å². The topological polar surface area (TPSA) is 47.6 Å². The zero-order valence-corrected chi connectivity index (χ0v) is 12.3.